The molecule has 1 aromatic rings. The second kappa shape index (κ2) is 6.19. The molecule has 1 heterocycles. The van der Waals surface area contributed by atoms with E-state index in [1.54, 1.807) is 6.07 Å². The van der Waals surface area contributed by atoms with Gasteiger partial charge in [0.1, 0.15) is 11.6 Å². The highest BCUT2D eigenvalue weighted by molar-refractivity contribution is 5.95. The third kappa shape index (κ3) is 3.08. The third-order valence-electron chi connectivity index (χ3n) is 3.64. The summed E-state index contributed by atoms with van der Waals surface area (Å²) in [4.78, 5) is 12.2. The molecule has 0 radical (unpaired) electrons. The summed E-state index contributed by atoms with van der Waals surface area (Å²) < 4.78 is 24.1. The van der Waals surface area contributed by atoms with Crippen molar-refractivity contribution in [2.45, 2.75) is 18.4 Å². The third-order valence-corrected chi connectivity index (χ3v) is 3.64. The van der Waals surface area contributed by atoms with Crippen LogP contribution in [0.4, 0.5) is 4.39 Å². The Morgan fingerprint density at radius 3 is 2.75 bits per heavy atom. The highest BCUT2D eigenvalue weighted by Gasteiger charge is 2.33. The van der Waals surface area contributed by atoms with Crippen LogP contribution in [0.1, 0.15) is 23.2 Å². The maximum atomic E-state index is 13.9. The molecule has 5 nitrogen and oxygen atoms in total. The predicted octanol–water partition coefficient (Wildman–Crippen LogP) is 1.07. The molecule has 0 aromatic heterocycles. The van der Waals surface area contributed by atoms with E-state index < -0.39 is 17.3 Å². The smallest absolute Gasteiger partial charge is 0.254 e. The number of methoxy groups -OCH3 is 1. The Balaban J connectivity index is 2.14. The number of halogens is 1. The van der Waals surface area contributed by atoms with E-state index in [0.29, 0.717) is 38.3 Å². The van der Waals surface area contributed by atoms with Crippen LogP contribution in [0.2, 0.25) is 0 Å². The van der Waals surface area contributed by atoms with E-state index >= 15 is 0 Å². The molecule has 0 spiro atoms. The number of rotatable bonds is 4. The highest BCUT2D eigenvalue weighted by Crippen LogP contribution is 2.22. The lowest BCUT2D eigenvalue weighted by atomic mass is 9.89. The molecule has 20 heavy (non-hydrogen) atoms. The molecule has 3 N–H and O–H groups in total. The van der Waals surface area contributed by atoms with Crippen LogP contribution in [0.15, 0.2) is 18.2 Å². The molecule has 0 saturated carbocycles. The quantitative estimate of drug-likeness (QED) is 0.866. The topological polar surface area (TPSA) is 73.6 Å². The van der Waals surface area contributed by atoms with E-state index in [-0.39, 0.29) is 5.56 Å². The van der Waals surface area contributed by atoms with E-state index in [1.165, 1.54) is 19.2 Å². The zero-order valence-electron chi connectivity index (χ0n) is 11.4. The van der Waals surface area contributed by atoms with Gasteiger partial charge in [-0.3, -0.25) is 4.79 Å². The minimum Gasteiger partial charge on any atom is -0.497 e. The second-order valence-electron chi connectivity index (χ2n) is 4.90. The van der Waals surface area contributed by atoms with Crippen LogP contribution in [-0.2, 0) is 4.74 Å². The Labute approximate surface area is 117 Å². The minimum absolute atomic E-state index is 0.00915. The Hall–Kier alpha value is -1.66. The molecule has 0 unspecified atom stereocenters. The SMILES string of the molecule is COc1ccc(C(=O)NC2(CN)CCOCC2)c(F)c1. The van der Waals surface area contributed by atoms with Crippen molar-refractivity contribution in [1.82, 2.24) is 5.32 Å². The lowest BCUT2D eigenvalue weighted by molar-refractivity contribution is 0.0387. The maximum Gasteiger partial charge on any atom is 0.254 e. The fourth-order valence-electron chi connectivity index (χ4n) is 2.26. The zero-order chi connectivity index (χ0) is 14.6. The van der Waals surface area contributed by atoms with Gasteiger partial charge in [-0.25, -0.2) is 4.39 Å². The van der Waals surface area contributed by atoms with Crippen molar-refractivity contribution in [2.75, 3.05) is 26.9 Å². The van der Waals surface area contributed by atoms with Crippen LogP contribution in [-0.4, -0.2) is 38.3 Å². The average molecular weight is 282 g/mol. The van der Waals surface area contributed by atoms with Crippen LogP contribution < -0.4 is 15.8 Å². The summed E-state index contributed by atoms with van der Waals surface area (Å²) >= 11 is 0. The van der Waals surface area contributed by atoms with Crippen LogP contribution >= 0.6 is 0 Å². The molecule has 1 fully saturated rings. The standard InChI is InChI=1S/C14H19FN2O3/c1-19-10-2-3-11(12(15)8-10)13(18)17-14(9-16)4-6-20-7-5-14/h2-3,8H,4-7,9,16H2,1H3,(H,17,18). The van der Waals surface area contributed by atoms with E-state index in [1.807, 2.05) is 0 Å². The second-order valence-corrected chi connectivity index (χ2v) is 4.90. The van der Waals surface area contributed by atoms with Gasteiger partial charge in [-0.2, -0.15) is 0 Å². The van der Waals surface area contributed by atoms with Gasteiger partial charge in [0.25, 0.3) is 5.91 Å². The van der Waals surface area contributed by atoms with E-state index in [2.05, 4.69) is 5.32 Å². The Morgan fingerprint density at radius 1 is 1.50 bits per heavy atom. The van der Waals surface area contributed by atoms with Gasteiger partial charge in [0.2, 0.25) is 0 Å². The number of nitrogens with one attached hydrogen (secondary N) is 1. The van der Waals surface area contributed by atoms with Gasteiger partial charge < -0.3 is 20.5 Å². The number of nitrogens with two attached hydrogens (primary N) is 1. The summed E-state index contributed by atoms with van der Waals surface area (Å²) in [6, 6.07) is 4.15. The zero-order valence-corrected chi connectivity index (χ0v) is 11.4. The fraction of sp³-hybridized carbons (Fsp3) is 0.500. The first-order valence-corrected chi connectivity index (χ1v) is 6.54. The largest absolute Gasteiger partial charge is 0.497 e. The molecule has 6 heteroatoms. The first-order chi connectivity index (χ1) is 9.60. The van der Waals surface area contributed by atoms with Gasteiger partial charge in [0.15, 0.2) is 0 Å². The van der Waals surface area contributed by atoms with E-state index in [9.17, 15) is 9.18 Å². The summed E-state index contributed by atoms with van der Waals surface area (Å²) in [5, 5.41) is 2.85. The molecule has 1 aliphatic heterocycles. The number of carbonyl (C=O) groups is 1. The van der Waals surface area contributed by atoms with Gasteiger partial charge in [-0.15, -0.1) is 0 Å². The molecule has 1 amide bonds. The summed E-state index contributed by atoms with van der Waals surface area (Å²) in [5.74, 6) is -0.697. The van der Waals surface area contributed by atoms with Crippen LogP contribution in [0.5, 0.6) is 5.75 Å². The predicted molar refractivity (Wildman–Crippen MR) is 72.3 cm³/mol. The van der Waals surface area contributed by atoms with Crippen LogP contribution in [0, 0.1) is 5.82 Å². The Morgan fingerprint density at radius 2 is 2.20 bits per heavy atom. The normalized spacial score (nSPS) is 17.6. The molecule has 2 rings (SSSR count). The van der Waals surface area contributed by atoms with Gasteiger partial charge in [-0.1, -0.05) is 0 Å². The van der Waals surface area contributed by atoms with Gasteiger partial charge in [-0.05, 0) is 25.0 Å². The first kappa shape index (κ1) is 14.7. The van der Waals surface area contributed by atoms with Crippen molar-refractivity contribution in [2.24, 2.45) is 5.73 Å². The molecule has 1 aliphatic rings. The number of ether oxygens (including phenoxy) is 2. The molecule has 110 valence electrons. The number of benzene rings is 1. The van der Waals surface area contributed by atoms with Crippen molar-refractivity contribution < 1.29 is 18.7 Å². The van der Waals surface area contributed by atoms with E-state index in [0.717, 1.165) is 0 Å². The minimum atomic E-state index is -0.610. The summed E-state index contributed by atoms with van der Waals surface area (Å²) in [6.07, 6.45) is 1.26. The van der Waals surface area contributed by atoms with Crippen molar-refractivity contribution in [3.63, 3.8) is 0 Å². The molecule has 1 saturated heterocycles. The van der Waals surface area contributed by atoms with Crippen molar-refractivity contribution in [3.8, 4) is 5.75 Å². The van der Waals surface area contributed by atoms with Gasteiger partial charge >= 0.3 is 0 Å². The molecule has 0 aliphatic carbocycles. The Kier molecular flexibility index (Phi) is 4.57. The number of amides is 1. The summed E-state index contributed by atoms with van der Waals surface area (Å²) in [7, 11) is 1.44. The monoisotopic (exact) mass is 282 g/mol. The molecule has 0 atom stereocenters. The van der Waals surface area contributed by atoms with Crippen LogP contribution in [0.25, 0.3) is 0 Å². The fourth-order valence-corrected chi connectivity index (χ4v) is 2.26. The highest BCUT2D eigenvalue weighted by atomic mass is 19.1. The van der Waals surface area contributed by atoms with Crippen LogP contribution in [0.3, 0.4) is 0 Å². The molecular weight excluding hydrogens is 263 g/mol. The number of carbonyl (C=O) groups excluding carboxylic acids is 1. The molecular formula is C14H19FN2O3. The lowest BCUT2D eigenvalue weighted by Gasteiger charge is -2.37. The van der Waals surface area contributed by atoms with Crippen molar-refractivity contribution >= 4 is 5.91 Å². The first-order valence-electron chi connectivity index (χ1n) is 6.54. The maximum absolute atomic E-state index is 13.9. The molecule has 1 aromatic carbocycles. The Bertz CT molecular complexity index is 487. The lowest BCUT2D eigenvalue weighted by Crippen LogP contribution is -2.56. The average Bonchev–Trinajstić information content (AvgIpc) is 2.47. The van der Waals surface area contributed by atoms with Crippen molar-refractivity contribution in [3.05, 3.63) is 29.6 Å². The summed E-state index contributed by atoms with van der Waals surface area (Å²) in [5.41, 5.74) is 5.24. The van der Waals surface area contributed by atoms with Crippen molar-refractivity contribution in [1.29, 1.82) is 0 Å². The van der Waals surface area contributed by atoms with Gasteiger partial charge in [0, 0.05) is 25.8 Å². The number of hydrogen-bond donors (Lipinski definition) is 2. The van der Waals surface area contributed by atoms with Gasteiger partial charge in [0.05, 0.1) is 18.2 Å². The summed E-state index contributed by atoms with van der Waals surface area (Å²) in [6.45, 7) is 1.39. The molecule has 0 bridgehead atoms. The van der Waals surface area contributed by atoms with E-state index in [4.69, 9.17) is 15.2 Å². The number of hydrogen-bond acceptors (Lipinski definition) is 4.